The molecule has 0 aromatic carbocycles. The molecule has 1 aromatic rings. The first-order valence-electron chi connectivity index (χ1n) is 7.85. The van der Waals surface area contributed by atoms with Gasteiger partial charge in [-0.2, -0.15) is 0 Å². The van der Waals surface area contributed by atoms with Crippen molar-refractivity contribution in [2.75, 3.05) is 31.2 Å². The SMILES string of the molecule is Cc1nnc(N2C[C@H](C(=O)N3CCCO3)C[C@@H]3OCC[C@@H]32)s1. The molecule has 3 atom stereocenters. The highest BCUT2D eigenvalue weighted by molar-refractivity contribution is 7.15. The van der Waals surface area contributed by atoms with Gasteiger partial charge in [-0.25, -0.2) is 5.06 Å². The third kappa shape index (κ3) is 2.49. The van der Waals surface area contributed by atoms with Crippen LogP contribution in [0.3, 0.4) is 0 Å². The molecule has 1 aromatic heterocycles. The highest BCUT2D eigenvalue weighted by Gasteiger charge is 2.44. The average Bonchev–Trinajstić information content (AvgIpc) is 3.26. The van der Waals surface area contributed by atoms with Gasteiger partial charge >= 0.3 is 0 Å². The molecule has 4 rings (SSSR count). The Labute approximate surface area is 133 Å². The van der Waals surface area contributed by atoms with Gasteiger partial charge in [0.05, 0.1) is 31.2 Å². The molecule has 22 heavy (non-hydrogen) atoms. The molecule has 3 fully saturated rings. The highest BCUT2D eigenvalue weighted by atomic mass is 32.1. The fourth-order valence-corrected chi connectivity index (χ4v) is 4.33. The minimum atomic E-state index is -0.0957. The number of rotatable bonds is 2. The van der Waals surface area contributed by atoms with Crippen molar-refractivity contribution in [3.63, 3.8) is 0 Å². The van der Waals surface area contributed by atoms with Crippen LogP contribution in [0.4, 0.5) is 5.13 Å². The van der Waals surface area contributed by atoms with Crippen molar-refractivity contribution in [3.8, 4) is 0 Å². The van der Waals surface area contributed by atoms with Crippen LogP contribution in [-0.4, -0.2) is 59.6 Å². The van der Waals surface area contributed by atoms with E-state index in [4.69, 9.17) is 9.57 Å². The molecule has 4 heterocycles. The predicted octanol–water partition coefficient (Wildman–Crippen LogP) is 0.994. The average molecular weight is 324 g/mol. The summed E-state index contributed by atoms with van der Waals surface area (Å²) in [6, 6.07) is 0.316. The lowest BCUT2D eigenvalue weighted by molar-refractivity contribution is -0.174. The molecule has 3 saturated heterocycles. The van der Waals surface area contributed by atoms with Crippen LogP contribution in [0.1, 0.15) is 24.3 Å². The number of amides is 1. The van der Waals surface area contributed by atoms with Gasteiger partial charge in [-0.15, -0.1) is 10.2 Å². The Kier molecular flexibility index (Phi) is 3.75. The number of hydroxylamine groups is 2. The molecule has 0 aliphatic carbocycles. The van der Waals surface area contributed by atoms with E-state index < -0.39 is 0 Å². The summed E-state index contributed by atoms with van der Waals surface area (Å²) in [7, 11) is 0. The van der Waals surface area contributed by atoms with E-state index in [9.17, 15) is 4.79 Å². The van der Waals surface area contributed by atoms with Gasteiger partial charge in [0.25, 0.3) is 5.91 Å². The van der Waals surface area contributed by atoms with Crippen molar-refractivity contribution in [2.24, 2.45) is 5.92 Å². The monoisotopic (exact) mass is 324 g/mol. The zero-order valence-corrected chi connectivity index (χ0v) is 13.4. The maximum atomic E-state index is 12.7. The number of anilines is 1. The fraction of sp³-hybridized carbons (Fsp3) is 0.786. The molecule has 0 bridgehead atoms. The Bertz CT molecular complexity index is 560. The summed E-state index contributed by atoms with van der Waals surface area (Å²) < 4.78 is 5.86. The number of aryl methyl sites for hydroxylation is 1. The quantitative estimate of drug-likeness (QED) is 0.808. The summed E-state index contributed by atoms with van der Waals surface area (Å²) in [5.74, 6) is -0.0145. The molecule has 0 spiro atoms. The smallest absolute Gasteiger partial charge is 0.251 e. The van der Waals surface area contributed by atoms with Crippen molar-refractivity contribution < 1.29 is 14.4 Å². The second kappa shape index (κ2) is 5.75. The van der Waals surface area contributed by atoms with E-state index in [2.05, 4.69) is 15.1 Å². The number of carbonyl (C=O) groups excluding carboxylic acids is 1. The third-order valence-electron chi connectivity index (χ3n) is 4.62. The van der Waals surface area contributed by atoms with Gasteiger partial charge in [0, 0.05) is 13.2 Å². The van der Waals surface area contributed by atoms with E-state index in [0.29, 0.717) is 25.7 Å². The molecule has 0 radical (unpaired) electrons. The van der Waals surface area contributed by atoms with Gasteiger partial charge < -0.3 is 9.64 Å². The number of piperidine rings is 1. The number of aromatic nitrogens is 2. The van der Waals surface area contributed by atoms with Crippen molar-refractivity contribution in [2.45, 2.75) is 38.3 Å². The normalized spacial score (nSPS) is 31.6. The number of ether oxygens (including phenoxy) is 1. The maximum Gasteiger partial charge on any atom is 0.251 e. The first kappa shape index (κ1) is 14.3. The number of nitrogens with zero attached hydrogens (tertiary/aromatic N) is 4. The summed E-state index contributed by atoms with van der Waals surface area (Å²) in [5, 5.41) is 11.8. The minimum absolute atomic E-state index is 0.0812. The molecule has 3 aliphatic rings. The molecule has 0 unspecified atom stereocenters. The number of fused-ring (bicyclic) bond motifs is 1. The molecule has 1 amide bonds. The first-order chi connectivity index (χ1) is 10.7. The second-order valence-electron chi connectivity index (χ2n) is 6.08. The summed E-state index contributed by atoms with van der Waals surface area (Å²) >= 11 is 1.58. The second-order valence-corrected chi connectivity index (χ2v) is 7.24. The van der Waals surface area contributed by atoms with Crippen LogP contribution in [0.5, 0.6) is 0 Å². The Morgan fingerprint density at radius 2 is 2.27 bits per heavy atom. The van der Waals surface area contributed by atoms with Crippen molar-refractivity contribution in [3.05, 3.63) is 5.01 Å². The first-order valence-corrected chi connectivity index (χ1v) is 8.66. The lowest BCUT2D eigenvalue weighted by Gasteiger charge is -2.40. The number of carbonyl (C=O) groups is 1. The third-order valence-corrected chi connectivity index (χ3v) is 5.49. The van der Waals surface area contributed by atoms with E-state index in [-0.39, 0.29) is 17.9 Å². The fourth-order valence-electron chi connectivity index (χ4n) is 3.57. The van der Waals surface area contributed by atoms with Crippen LogP contribution in [-0.2, 0) is 14.4 Å². The van der Waals surface area contributed by atoms with Crippen LogP contribution in [0.25, 0.3) is 0 Å². The van der Waals surface area contributed by atoms with Gasteiger partial charge in [-0.05, 0) is 26.2 Å². The Morgan fingerprint density at radius 1 is 1.36 bits per heavy atom. The van der Waals surface area contributed by atoms with E-state index in [0.717, 1.165) is 36.0 Å². The lowest BCUT2D eigenvalue weighted by Crippen LogP contribution is -2.53. The lowest BCUT2D eigenvalue weighted by atomic mass is 9.89. The van der Waals surface area contributed by atoms with Crippen LogP contribution in [0.2, 0.25) is 0 Å². The zero-order chi connectivity index (χ0) is 15.1. The standard InChI is InChI=1S/C14H20N4O3S/c1-9-15-16-14(22-9)17-8-10(7-12-11(17)3-6-20-12)13(19)18-4-2-5-21-18/h10-12H,2-8H2,1H3/t10-,11+,12+/m1/s1. The highest BCUT2D eigenvalue weighted by Crippen LogP contribution is 2.36. The topological polar surface area (TPSA) is 67.8 Å². The Morgan fingerprint density at radius 3 is 3.00 bits per heavy atom. The number of hydrogen-bond acceptors (Lipinski definition) is 7. The van der Waals surface area contributed by atoms with Gasteiger partial charge in [-0.1, -0.05) is 11.3 Å². The predicted molar refractivity (Wildman–Crippen MR) is 80.5 cm³/mol. The zero-order valence-electron chi connectivity index (χ0n) is 12.6. The number of hydrogen-bond donors (Lipinski definition) is 0. The molecule has 120 valence electrons. The molecule has 0 saturated carbocycles. The van der Waals surface area contributed by atoms with E-state index in [1.165, 1.54) is 5.06 Å². The Balaban J connectivity index is 1.56. The van der Waals surface area contributed by atoms with E-state index >= 15 is 0 Å². The summed E-state index contributed by atoms with van der Waals surface area (Å²) in [4.78, 5) is 20.3. The maximum absolute atomic E-state index is 12.7. The van der Waals surface area contributed by atoms with Gasteiger partial charge in [-0.3, -0.25) is 9.63 Å². The summed E-state index contributed by atoms with van der Waals surface area (Å²) in [6.07, 6.45) is 2.79. The van der Waals surface area contributed by atoms with E-state index in [1.54, 1.807) is 11.3 Å². The largest absolute Gasteiger partial charge is 0.376 e. The van der Waals surface area contributed by atoms with Crippen LogP contribution >= 0.6 is 11.3 Å². The molecule has 0 N–H and O–H groups in total. The molecular formula is C14H20N4O3S. The Hall–Kier alpha value is -1.25. The molecule has 7 nitrogen and oxygen atoms in total. The molecular weight excluding hydrogens is 304 g/mol. The summed E-state index contributed by atoms with van der Waals surface area (Å²) in [5.41, 5.74) is 0. The van der Waals surface area contributed by atoms with Gasteiger partial charge in [0.1, 0.15) is 5.01 Å². The van der Waals surface area contributed by atoms with Gasteiger partial charge in [0.2, 0.25) is 5.13 Å². The van der Waals surface area contributed by atoms with Crippen molar-refractivity contribution in [1.29, 1.82) is 0 Å². The molecule has 3 aliphatic heterocycles. The molecule has 8 heteroatoms. The minimum Gasteiger partial charge on any atom is -0.376 e. The van der Waals surface area contributed by atoms with E-state index in [1.807, 2.05) is 6.92 Å². The van der Waals surface area contributed by atoms with Crippen molar-refractivity contribution in [1.82, 2.24) is 15.3 Å². The van der Waals surface area contributed by atoms with Crippen LogP contribution in [0, 0.1) is 12.8 Å². The van der Waals surface area contributed by atoms with Crippen molar-refractivity contribution >= 4 is 22.4 Å². The van der Waals surface area contributed by atoms with Gasteiger partial charge in [0.15, 0.2) is 0 Å². The summed E-state index contributed by atoms with van der Waals surface area (Å²) in [6.45, 7) is 4.72. The van der Waals surface area contributed by atoms with Crippen LogP contribution < -0.4 is 4.90 Å². The van der Waals surface area contributed by atoms with Crippen LogP contribution in [0.15, 0.2) is 0 Å².